The van der Waals surface area contributed by atoms with Gasteiger partial charge in [-0.2, -0.15) is 0 Å². The van der Waals surface area contributed by atoms with E-state index in [1.54, 1.807) is 0 Å². The van der Waals surface area contributed by atoms with Crippen LogP contribution < -0.4 is 5.73 Å². The molecule has 192 valence electrons. The van der Waals surface area contributed by atoms with Gasteiger partial charge in [0, 0.05) is 22.1 Å². The van der Waals surface area contributed by atoms with E-state index in [0.717, 1.165) is 63.6 Å². The van der Waals surface area contributed by atoms with Crippen molar-refractivity contribution in [2.75, 3.05) is 0 Å². The lowest BCUT2D eigenvalue weighted by molar-refractivity contribution is -0.106. The normalized spacial score (nSPS) is 23.6. The first-order chi connectivity index (χ1) is 18.1. The Bertz CT molecular complexity index is 1670. The van der Waals surface area contributed by atoms with Crippen LogP contribution in [0.1, 0.15) is 57.8 Å². The molecule has 7 heteroatoms. The van der Waals surface area contributed by atoms with Crippen molar-refractivity contribution in [1.82, 2.24) is 24.6 Å². The SMILES string of the molecule is CC(C)(C)c1nnc2ccc3nc(-c4ccc([C@]5(N)C[C@@](O)(C6CC6)C5)cc4)c(-c4ccccc4)nc3n12. The molecule has 5 aromatic rings. The molecule has 7 rings (SSSR count). The van der Waals surface area contributed by atoms with Gasteiger partial charge in [0.15, 0.2) is 11.3 Å². The maximum absolute atomic E-state index is 10.9. The number of hydrogen-bond donors (Lipinski definition) is 2. The second-order valence-electron chi connectivity index (χ2n) is 12.3. The van der Waals surface area contributed by atoms with Crippen molar-refractivity contribution in [3.05, 3.63) is 78.1 Å². The third-order valence-corrected chi connectivity index (χ3v) is 8.23. The van der Waals surface area contributed by atoms with Crippen LogP contribution in [0.15, 0.2) is 66.7 Å². The van der Waals surface area contributed by atoms with Gasteiger partial charge in [-0.1, -0.05) is 75.4 Å². The van der Waals surface area contributed by atoms with Crippen LogP contribution >= 0.6 is 0 Å². The van der Waals surface area contributed by atoms with Gasteiger partial charge in [0.05, 0.1) is 17.0 Å². The molecule has 0 unspecified atom stereocenters. The van der Waals surface area contributed by atoms with Crippen LogP contribution in [0, 0.1) is 5.92 Å². The Hall–Kier alpha value is -3.68. The number of pyridine rings is 1. The van der Waals surface area contributed by atoms with Crippen LogP contribution in [0.2, 0.25) is 0 Å². The molecule has 0 atom stereocenters. The topological polar surface area (TPSA) is 102 Å². The Balaban J connectivity index is 1.36. The first kappa shape index (κ1) is 23.4. The molecule has 2 aliphatic carbocycles. The fraction of sp³-hybridized carbons (Fsp3) is 0.355. The summed E-state index contributed by atoms with van der Waals surface area (Å²) >= 11 is 0. The van der Waals surface area contributed by atoms with Crippen LogP contribution in [0.25, 0.3) is 39.3 Å². The Morgan fingerprint density at radius 1 is 0.842 bits per heavy atom. The zero-order valence-electron chi connectivity index (χ0n) is 22.0. The zero-order valence-corrected chi connectivity index (χ0v) is 22.0. The predicted octanol–water partition coefficient (Wildman–Crippen LogP) is 5.39. The Morgan fingerprint density at radius 2 is 1.50 bits per heavy atom. The molecule has 3 N–H and O–H groups in total. The summed E-state index contributed by atoms with van der Waals surface area (Å²) in [5.41, 5.74) is 12.4. The number of rotatable bonds is 4. The molecule has 0 saturated heterocycles. The van der Waals surface area contributed by atoms with Gasteiger partial charge in [0.1, 0.15) is 11.3 Å². The molecule has 7 nitrogen and oxygen atoms in total. The molecule has 2 aromatic carbocycles. The number of aromatic nitrogens is 5. The largest absolute Gasteiger partial charge is 0.389 e. The molecular formula is C31H32N6O. The van der Waals surface area contributed by atoms with Crippen molar-refractivity contribution in [1.29, 1.82) is 0 Å². The number of benzene rings is 2. The van der Waals surface area contributed by atoms with E-state index < -0.39 is 11.1 Å². The third kappa shape index (κ3) is 3.64. The van der Waals surface area contributed by atoms with E-state index in [1.807, 2.05) is 34.7 Å². The minimum Gasteiger partial charge on any atom is -0.389 e. The molecule has 3 aromatic heterocycles. The fourth-order valence-corrected chi connectivity index (χ4v) is 6.08. The van der Waals surface area contributed by atoms with Crippen molar-refractivity contribution < 1.29 is 5.11 Å². The number of nitrogens with two attached hydrogens (primary N) is 1. The van der Waals surface area contributed by atoms with E-state index in [2.05, 4.69) is 67.4 Å². The lowest BCUT2D eigenvalue weighted by atomic mass is 9.60. The molecule has 3 heterocycles. The van der Waals surface area contributed by atoms with Crippen molar-refractivity contribution >= 4 is 16.8 Å². The van der Waals surface area contributed by atoms with E-state index >= 15 is 0 Å². The van der Waals surface area contributed by atoms with Gasteiger partial charge in [-0.05, 0) is 49.3 Å². The average Bonchev–Trinajstić information content (AvgIpc) is 3.65. The summed E-state index contributed by atoms with van der Waals surface area (Å²) < 4.78 is 2.03. The first-order valence-corrected chi connectivity index (χ1v) is 13.4. The second kappa shape index (κ2) is 7.91. The zero-order chi connectivity index (χ0) is 26.3. The molecule has 38 heavy (non-hydrogen) atoms. The van der Waals surface area contributed by atoms with Crippen LogP contribution in [0.3, 0.4) is 0 Å². The van der Waals surface area contributed by atoms with Gasteiger partial charge in [-0.3, -0.25) is 4.40 Å². The van der Waals surface area contributed by atoms with E-state index in [1.165, 1.54) is 0 Å². The standard InChI is InChI=1S/C31H32N6O/c1-29(2,3)28-36-35-24-16-15-23-27(37(24)28)34-26(19-7-5-4-6-8-19)25(33-23)20-9-11-21(12-10-20)30(32)17-31(38,18-30)22-13-14-22/h4-12,15-16,22,38H,13-14,17-18,32H2,1-3H3/t30-,31-. The molecule has 0 aliphatic heterocycles. The number of hydrogen-bond acceptors (Lipinski definition) is 6. The van der Waals surface area contributed by atoms with Crippen LogP contribution in [0.4, 0.5) is 0 Å². The maximum atomic E-state index is 10.9. The van der Waals surface area contributed by atoms with Gasteiger partial charge < -0.3 is 10.8 Å². The molecule has 2 fully saturated rings. The molecular weight excluding hydrogens is 472 g/mol. The fourth-order valence-electron chi connectivity index (χ4n) is 6.08. The highest BCUT2D eigenvalue weighted by molar-refractivity contribution is 5.86. The predicted molar refractivity (Wildman–Crippen MR) is 148 cm³/mol. The summed E-state index contributed by atoms with van der Waals surface area (Å²) in [5, 5.41) is 19.8. The third-order valence-electron chi connectivity index (χ3n) is 8.23. The molecule has 0 spiro atoms. The van der Waals surface area contributed by atoms with Gasteiger partial charge in [-0.15, -0.1) is 10.2 Å². The summed E-state index contributed by atoms with van der Waals surface area (Å²) in [5.74, 6) is 1.28. The van der Waals surface area contributed by atoms with Crippen LogP contribution in [0.5, 0.6) is 0 Å². The lowest BCUT2D eigenvalue weighted by Gasteiger charge is -2.52. The van der Waals surface area contributed by atoms with E-state index in [4.69, 9.17) is 15.7 Å². The minimum atomic E-state index is -0.586. The monoisotopic (exact) mass is 504 g/mol. The first-order valence-electron chi connectivity index (χ1n) is 13.4. The molecule has 0 radical (unpaired) electrons. The quantitative estimate of drug-likeness (QED) is 0.340. The number of nitrogens with zero attached hydrogens (tertiary/aromatic N) is 5. The molecule has 2 saturated carbocycles. The Kier molecular flexibility index (Phi) is 4.88. The molecule has 0 bridgehead atoms. The summed E-state index contributed by atoms with van der Waals surface area (Å²) in [7, 11) is 0. The summed E-state index contributed by atoms with van der Waals surface area (Å²) in [6, 6.07) is 22.4. The highest BCUT2D eigenvalue weighted by atomic mass is 16.3. The van der Waals surface area contributed by atoms with Gasteiger partial charge in [-0.25, -0.2) is 9.97 Å². The van der Waals surface area contributed by atoms with E-state index in [9.17, 15) is 5.11 Å². The minimum absolute atomic E-state index is 0.206. The van der Waals surface area contributed by atoms with Gasteiger partial charge in [0.2, 0.25) is 0 Å². The van der Waals surface area contributed by atoms with E-state index in [0.29, 0.717) is 18.8 Å². The van der Waals surface area contributed by atoms with Crippen molar-refractivity contribution in [3.8, 4) is 22.5 Å². The lowest BCUT2D eigenvalue weighted by Crippen LogP contribution is -2.60. The van der Waals surface area contributed by atoms with Gasteiger partial charge in [0.25, 0.3) is 0 Å². The smallest absolute Gasteiger partial charge is 0.166 e. The average molecular weight is 505 g/mol. The molecule has 0 amide bonds. The van der Waals surface area contributed by atoms with Crippen LogP contribution in [-0.4, -0.2) is 35.3 Å². The Labute approximate surface area is 221 Å². The second-order valence-corrected chi connectivity index (χ2v) is 12.3. The highest BCUT2D eigenvalue weighted by Crippen LogP contribution is 2.57. The van der Waals surface area contributed by atoms with Crippen molar-refractivity contribution in [2.45, 2.75) is 63.0 Å². The van der Waals surface area contributed by atoms with Crippen molar-refractivity contribution in [3.63, 3.8) is 0 Å². The highest BCUT2D eigenvalue weighted by Gasteiger charge is 2.58. The number of aliphatic hydroxyl groups is 1. The van der Waals surface area contributed by atoms with Crippen molar-refractivity contribution in [2.24, 2.45) is 11.7 Å². The van der Waals surface area contributed by atoms with Crippen LogP contribution in [-0.2, 0) is 11.0 Å². The summed E-state index contributed by atoms with van der Waals surface area (Å²) in [6.07, 6.45) is 3.49. The van der Waals surface area contributed by atoms with Gasteiger partial charge >= 0.3 is 0 Å². The molecule has 2 aliphatic rings. The summed E-state index contributed by atoms with van der Waals surface area (Å²) in [4.78, 5) is 10.3. The summed E-state index contributed by atoms with van der Waals surface area (Å²) in [6.45, 7) is 6.38. The number of fused-ring (bicyclic) bond motifs is 3. The Morgan fingerprint density at radius 3 is 2.16 bits per heavy atom. The maximum Gasteiger partial charge on any atom is 0.166 e. The van der Waals surface area contributed by atoms with E-state index in [-0.39, 0.29) is 5.41 Å².